The van der Waals surface area contributed by atoms with Crippen molar-refractivity contribution in [3.8, 4) is 0 Å². The summed E-state index contributed by atoms with van der Waals surface area (Å²) in [4.78, 5) is 13.3. The Labute approximate surface area is 101 Å². The Morgan fingerprint density at radius 2 is 1.94 bits per heavy atom. The molecule has 92 valence electrons. The minimum absolute atomic E-state index is 0.0582. The molecule has 1 aliphatic rings. The first-order valence-electron chi connectivity index (χ1n) is 5.81. The van der Waals surface area contributed by atoms with Crippen LogP contribution in [0.15, 0.2) is 24.3 Å². The number of rotatable bonds is 2. The largest absolute Gasteiger partial charge is 0.386 e. The molecule has 0 aromatic heterocycles. The second-order valence-corrected chi connectivity index (χ2v) is 4.88. The normalized spacial score (nSPS) is 16.9. The lowest BCUT2D eigenvalue weighted by atomic mass is 9.98. The van der Waals surface area contributed by atoms with Gasteiger partial charge in [-0.1, -0.05) is 12.1 Å². The van der Waals surface area contributed by atoms with E-state index in [4.69, 9.17) is 0 Å². The molecule has 1 heterocycles. The van der Waals surface area contributed by atoms with E-state index in [0.717, 1.165) is 17.8 Å². The van der Waals surface area contributed by atoms with Gasteiger partial charge in [-0.3, -0.25) is 4.79 Å². The molecule has 0 atom stereocenters. The molecule has 4 nitrogen and oxygen atoms in total. The van der Waals surface area contributed by atoms with Crippen molar-refractivity contribution in [2.45, 2.75) is 19.4 Å². The summed E-state index contributed by atoms with van der Waals surface area (Å²) in [5, 5.41) is 12.7. The second kappa shape index (κ2) is 4.37. The van der Waals surface area contributed by atoms with Crippen molar-refractivity contribution in [2.24, 2.45) is 0 Å². The number of nitrogens with one attached hydrogen (secondary N) is 1. The van der Waals surface area contributed by atoms with E-state index >= 15 is 0 Å². The lowest BCUT2D eigenvalue weighted by Gasteiger charge is -2.29. The van der Waals surface area contributed by atoms with Gasteiger partial charge in [-0.2, -0.15) is 0 Å². The molecule has 2 N–H and O–H groups in total. The summed E-state index contributed by atoms with van der Waals surface area (Å²) in [7, 11) is 0. The second-order valence-electron chi connectivity index (χ2n) is 4.88. The average molecular weight is 234 g/mol. The number of anilines is 1. The molecule has 0 bridgehead atoms. The molecular formula is C13H18N2O2. The van der Waals surface area contributed by atoms with Gasteiger partial charge in [-0.15, -0.1) is 0 Å². The Balaban J connectivity index is 2.15. The summed E-state index contributed by atoms with van der Waals surface area (Å²) in [6.07, 6.45) is 0. The summed E-state index contributed by atoms with van der Waals surface area (Å²) in [6.45, 7) is 5.44. The van der Waals surface area contributed by atoms with Gasteiger partial charge < -0.3 is 15.3 Å². The van der Waals surface area contributed by atoms with E-state index in [-0.39, 0.29) is 5.91 Å². The van der Waals surface area contributed by atoms with Crippen molar-refractivity contribution in [3.63, 3.8) is 0 Å². The third-order valence-electron chi connectivity index (χ3n) is 2.98. The molecule has 1 aromatic carbocycles. The Morgan fingerprint density at radius 3 is 2.47 bits per heavy atom. The van der Waals surface area contributed by atoms with E-state index < -0.39 is 5.60 Å². The lowest BCUT2D eigenvalue weighted by Crippen LogP contribution is -2.47. The predicted octanol–water partition coefficient (Wildman–Crippen LogP) is 0.850. The number of aliphatic hydroxyl groups is 1. The number of amides is 1. The van der Waals surface area contributed by atoms with Crippen LogP contribution in [0.4, 0.5) is 5.69 Å². The van der Waals surface area contributed by atoms with E-state index in [1.54, 1.807) is 13.8 Å². The van der Waals surface area contributed by atoms with E-state index in [0.29, 0.717) is 13.1 Å². The molecule has 4 heteroatoms. The van der Waals surface area contributed by atoms with Gasteiger partial charge in [-0.25, -0.2) is 0 Å². The maximum Gasteiger partial charge on any atom is 0.239 e. The molecule has 0 aliphatic carbocycles. The van der Waals surface area contributed by atoms with Crippen LogP contribution in [0.1, 0.15) is 19.4 Å². The van der Waals surface area contributed by atoms with E-state index in [9.17, 15) is 9.90 Å². The molecule has 2 rings (SSSR count). The van der Waals surface area contributed by atoms with Crippen molar-refractivity contribution in [2.75, 3.05) is 24.5 Å². The van der Waals surface area contributed by atoms with Crippen LogP contribution in [-0.2, 0) is 10.4 Å². The summed E-state index contributed by atoms with van der Waals surface area (Å²) in [6, 6.07) is 7.71. The number of carbonyl (C=O) groups excluding carboxylic acids is 1. The number of carbonyl (C=O) groups is 1. The molecule has 0 saturated carbocycles. The van der Waals surface area contributed by atoms with Crippen LogP contribution >= 0.6 is 0 Å². The maximum atomic E-state index is 11.3. The van der Waals surface area contributed by atoms with Crippen molar-refractivity contribution < 1.29 is 9.90 Å². The van der Waals surface area contributed by atoms with Crippen LogP contribution in [-0.4, -0.2) is 30.6 Å². The minimum Gasteiger partial charge on any atom is -0.386 e. The zero-order chi connectivity index (χ0) is 12.5. The highest BCUT2D eigenvalue weighted by Gasteiger charge is 2.18. The zero-order valence-corrected chi connectivity index (χ0v) is 10.2. The number of benzene rings is 1. The van der Waals surface area contributed by atoms with Crippen LogP contribution in [0.3, 0.4) is 0 Å². The summed E-state index contributed by atoms with van der Waals surface area (Å²) in [5.41, 5.74) is 1.08. The quantitative estimate of drug-likeness (QED) is 0.797. The van der Waals surface area contributed by atoms with E-state index in [1.165, 1.54) is 0 Å². The summed E-state index contributed by atoms with van der Waals surface area (Å²) in [5.74, 6) is 0.0582. The van der Waals surface area contributed by atoms with Crippen LogP contribution in [0, 0.1) is 0 Å². The highest BCUT2D eigenvalue weighted by Crippen LogP contribution is 2.23. The van der Waals surface area contributed by atoms with E-state index in [2.05, 4.69) is 5.32 Å². The van der Waals surface area contributed by atoms with Crippen molar-refractivity contribution in [1.29, 1.82) is 0 Å². The first kappa shape index (κ1) is 11.9. The monoisotopic (exact) mass is 234 g/mol. The molecule has 17 heavy (non-hydrogen) atoms. The fraction of sp³-hybridized carbons (Fsp3) is 0.462. The average Bonchev–Trinajstić information content (AvgIpc) is 2.28. The topological polar surface area (TPSA) is 52.6 Å². The van der Waals surface area contributed by atoms with Gasteiger partial charge in [0.1, 0.15) is 0 Å². The number of hydrogen-bond donors (Lipinski definition) is 2. The minimum atomic E-state index is -0.822. The van der Waals surface area contributed by atoms with Gasteiger partial charge in [0.2, 0.25) is 5.91 Å². The lowest BCUT2D eigenvalue weighted by molar-refractivity contribution is -0.120. The van der Waals surface area contributed by atoms with E-state index in [1.807, 2.05) is 29.2 Å². The SMILES string of the molecule is CC(C)(O)c1ccc(N2CCNC(=O)C2)cc1. The number of piperazine rings is 1. The van der Waals surface area contributed by atoms with Crippen LogP contribution < -0.4 is 10.2 Å². The van der Waals surface area contributed by atoms with Gasteiger partial charge in [-0.05, 0) is 31.5 Å². The molecule has 1 amide bonds. The molecule has 0 unspecified atom stereocenters. The fourth-order valence-corrected chi connectivity index (χ4v) is 1.94. The van der Waals surface area contributed by atoms with Crippen molar-refractivity contribution in [3.05, 3.63) is 29.8 Å². The van der Waals surface area contributed by atoms with Crippen LogP contribution in [0.25, 0.3) is 0 Å². The Morgan fingerprint density at radius 1 is 1.29 bits per heavy atom. The first-order valence-corrected chi connectivity index (χ1v) is 5.81. The number of hydrogen-bond acceptors (Lipinski definition) is 3. The Kier molecular flexibility index (Phi) is 3.07. The Hall–Kier alpha value is -1.55. The Bertz CT molecular complexity index is 406. The zero-order valence-electron chi connectivity index (χ0n) is 10.2. The summed E-state index contributed by atoms with van der Waals surface area (Å²) < 4.78 is 0. The highest BCUT2D eigenvalue weighted by molar-refractivity contribution is 5.82. The standard InChI is InChI=1S/C13H18N2O2/c1-13(2,17)10-3-5-11(6-4-10)15-8-7-14-12(16)9-15/h3-6,17H,7-9H2,1-2H3,(H,14,16). The molecule has 1 fully saturated rings. The third-order valence-corrected chi connectivity index (χ3v) is 2.98. The van der Waals surface area contributed by atoms with Crippen molar-refractivity contribution in [1.82, 2.24) is 5.32 Å². The molecule has 1 aromatic rings. The highest BCUT2D eigenvalue weighted by atomic mass is 16.3. The van der Waals surface area contributed by atoms with Gasteiger partial charge in [0, 0.05) is 18.8 Å². The van der Waals surface area contributed by atoms with Crippen LogP contribution in [0.2, 0.25) is 0 Å². The van der Waals surface area contributed by atoms with Gasteiger partial charge in [0.05, 0.1) is 12.1 Å². The molecular weight excluding hydrogens is 216 g/mol. The van der Waals surface area contributed by atoms with Gasteiger partial charge >= 0.3 is 0 Å². The third kappa shape index (κ3) is 2.77. The molecule has 1 saturated heterocycles. The van der Waals surface area contributed by atoms with Crippen LogP contribution in [0.5, 0.6) is 0 Å². The maximum absolute atomic E-state index is 11.3. The van der Waals surface area contributed by atoms with Gasteiger partial charge in [0.25, 0.3) is 0 Å². The molecule has 1 aliphatic heterocycles. The molecule has 0 radical (unpaired) electrons. The van der Waals surface area contributed by atoms with Crippen molar-refractivity contribution >= 4 is 11.6 Å². The first-order chi connectivity index (χ1) is 7.97. The molecule has 0 spiro atoms. The number of nitrogens with zero attached hydrogens (tertiary/aromatic N) is 1. The summed E-state index contributed by atoms with van der Waals surface area (Å²) >= 11 is 0. The fourth-order valence-electron chi connectivity index (χ4n) is 1.94. The smallest absolute Gasteiger partial charge is 0.239 e. The van der Waals surface area contributed by atoms with Gasteiger partial charge in [0.15, 0.2) is 0 Å². The predicted molar refractivity (Wildman–Crippen MR) is 66.9 cm³/mol.